The highest BCUT2D eigenvalue weighted by Crippen LogP contribution is 2.47. The molecule has 2 atom stereocenters. The maximum Gasteiger partial charge on any atom is 0.335 e. The molecule has 1 N–H and O–H groups in total. The van der Waals surface area contributed by atoms with Crippen LogP contribution in [0.1, 0.15) is 51.9 Å². The zero-order valence-electron chi connectivity index (χ0n) is 17.2. The molecule has 5 nitrogen and oxygen atoms in total. The minimum Gasteiger partial charge on any atom is -0.478 e. The van der Waals surface area contributed by atoms with Gasteiger partial charge in [0.1, 0.15) is 0 Å². The predicted octanol–water partition coefficient (Wildman–Crippen LogP) is 5.37. The molecule has 1 aliphatic heterocycles. The summed E-state index contributed by atoms with van der Waals surface area (Å²) in [6.45, 7) is 0. The van der Waals surface area contributed by atoms with Crippen molar-refractivity contribution in [3.63, 3.8) is 0 Å². The van der Waals surface area contributed by atoms with Crippen LogP contribution in [-0.4, -0.2) is 22.8 Å². The third-order valence-corrected chi connectivity index (χ3v) is 7.22. The Morgan fingerprint density at radius 3 is 2.47 bits per heavy atom. The highest BCUT2D eigenvalue weighted by atomic mass is 32.1. The number of nitrogens with zero attached hydrogens (tertiary/aromatic N) is 1. The average molecular weight is 444 g/mol. The molecular formula is C26H21NO4S. The lowest BCUT2D eigenvalue weighted by atomic mass is 9.74. The van der Waals surface area contributed by atoms with Crippen LogP contribution >= 0.6 is 11.3 Å². The molecule has 160 valence electrons. The van der Waals surface area contributed by atoms with Crippen molar-refractivity contribution in [2.45, 2.75) is 31.1 Å². The van der Waals surface area contributed by atoms with Gasteiger partial charge >= 0.3 is 5.97 Å². The molecule has 0 saturated carbocycles. The first kappa shape index (κ1) is 20.4. The van der Waals surface area contributed by atoms with E-state index in [2.05, 4.69) is 0 Å². The van der Waals surface area contributed by atoms with Gasteiger partial charge in [0.15, 0.2) is 5.78 Å². The lowest BCUT2D eigenvalue weighted by molar-refractivity contribution is -0.120. The molecule has 3 aromatic rings. The Balaban J connectivity index is 1.65. The lowest BCUT2D eigenvalue weighted by Crippen LogP contribution is -2.41. The minimum atomic E-state index is -1.05. The van der Waals surface area contributed by atoms with Gasteiger partial charge < -0.3 is 5.11 Å². The number of Topliss-reactive ketones (excluding diaryl/α,β-unsaturated/α-hetero) is 1. The molecule has 32 heavy (non-hydrogen) atoms. The summed E-state index contributed by atoms with van der Waals surface area (Å²) in [5.74, 6) is -1.39. The molecule has 0 spiro atoms. The van der Waals surface area contributed by atoms with Gasteiger partial charge in [-0.25, -0.2) is 4.79 Å². The topological polar surface area (TPSA) is 74.7 Å². The average Bonchev–Trinajstić information content (AvgIpc) is 3.34. The number of allylic oxidation sites excluding steroid dienone is 2. The maximum atomic E-state index is 13.5. The second kappa shape index (κ2) is 8.20. The number of hydrogen-bond acceptors (Lipinski definition) is 4. The Kier molecular flexibility index (Phi) is 5.23. The maximum absolute atomic E-state index is 13.5. The molecule has 0 saturated heterocycles. The summed E-state index contributed by atoms with van der Waals surface area (Å²) in [7, 11) is 0. The van der Waals surface area contributed by atoms with Gasteiger partial charge in [-0.05, 0) is 47.5 Å². The van der Waals surface area contributed by atoms with Crippen LogP contribution in [0.25, 0.3) is 0 Å². The van der Waals surface area contributed by atoms with E-state index in [1.165, 1.54) is 12.1 Å². The van der Waals surface area contributed by atoms with Crippen molar-refractivity contribution >= 4 is 34.7 Å². The summed E-state index contributed by atoms with van der Waals surface area (Å²) in [6.07, 6.45) is 1.15. The molecular weight excluding hydrogens is 422 g/mol. The third-order valence-electron chi connectivity index (χ3n) is 6.24. The number of rotatable bonds is 4. The molecule has 2 heterocycles. The van der Waals surface area contributed by atoms with Crippen molar-refractivity contribution in [2.24, 2.45) is 0 Å². The van der Waals surface area contributed by atoms with Crippen LogP contribution in [0.2, 0.25) is 0 Å². The summed E-state index contributed by atoms with van der Waals surface area (Å²) >= 11 is 1.55. The van der Waals surface area contributed by atoms with Crippen LogP contribution in [0.3, 0.4) is 0 Å². The molecule has 0 radical (unpaired) electrons. The normalized spacial score (nSPS) is 20.9. The number of ketones is 1. The Morgan fingerprint density at radius 2 is 1.75 bits per heavy atom. The van der Waals surface area contributed by atoms with E-state index >= 15 is 0 Å². The molecule has 1 aromatic heterocycles. The molecule has 2 unspecified atom stereocenters. The Labute approximate surface area is 189 Å². The van der Waals surface area contributed by atoms with E-state index in [4.69, 9.17) is 0 Å². The van der Waals surface area contributed by atoms with Gasteiger partial charge in [0.2, 0.25) is 5.91 Å². The van der Waals surface area contributed by atoms with E-state index < -0.39 is 5.97 Å². The van der Waals surface area contributed by atoms with E-state index in [1.54, 1.807) is 28.4 Å². The third kappa shape index (κ3) is 3.56. The number of carboxylic acids is 1. The number of carbonyl (C=O) groups is 3. The fourth-order valence-electron chi connectivity index (χ4n) is 4.81. The molecule has 5 rings (SSSR count). The summed E-state index contributed by atoms with van der Waals surface area (Å²) in [6, 6.07) is 20.2. The number of aromatic carboxylic acids is 1. The molecule has 2 aliphatic rings. The van der Waals surface area contributed by atoms with Gasteiger partial charge in [0, 0.05) is 40.6 Å². The van der Waals surface area contributed by atoms with Gasteiger partial charge in [-0.15, -0.1) is 11.3 Å². The van der Waals surface area contributed by atoms with Crippen LogP contribution in [-0.2, 0) is 9.59 Å². The summed E-state index contributed by atoms with van der Waals surface area (Å²) in [5.41, 5.74) is 3.07. The van der Waals surface area contributed by atoms with E-state index in [-0.39, 0.29) is 35.5 Å². The van der Waals surface area contributed by atoms with Crippen LogP contribution in [0.4, 0.5) is 5.69 Å². The molecule has 2 aromatic carbocycles. The first-order chi connectivity index (χ1) is 15.5. The Morgan fingerprint density at radius 1 is 0.938 bits per heavy atom. The van der Waals surface area contributed by atoms with Crippen LogP contribution < -0.4 is 4.90 Å². The van der Waals surface area contributed by atoms with E-state index in [0.29, 0.717) is 29.8 Å². The number of benzene rings is 2. The highest BCUT2D eigenvalue weighted by molar-refractivity contribution is 7.10. The zero-order valence-corrected chi connectivity index (χ0v) is 18.0. The molecule has 1 aliphatic carbocycles. The van der Waals surface area contributed by atoms with Crippen molar-refractivity contribution in [3.05, 3.63) is 99.4 Å². The van der Waals surface area contributed by atoms with Crippen molar-refractivity contribution in [3.8, 4) is 0 Å². The number of amides is 1. The summed E-state index contributed by atoms with van der Waals surface area (Å²) in [4.78, 5) is 41.0. The monoisotopic (exact) mass is 443 g/mol. The fourth-order valence-corrected chi connectivity index (χ4v) is 5.64. The van der Waals surface area contributed by atoms with Gasteiger partial charge in [-0.2, -0.15) is 0 Å². The number of carbonyl (C=O) groups excluding carboxylic acids is 2. The highest BCUT2D eigenvalue weighted by Gasteiger charge is 2.42. The lowest BCUT2D eigenvalue weighted by Gasteiger charge is -2.40. The smallest absolute Gasteiger partial charge is 0.335 e. The summed E-state index contributed by atoms with van der Waals surface area (Å²) < 4.78 is 0. The number of carboxylic acid groups (broad SMARTS) is 1. The van der Waals surface area contributed by atoms with Crippen molar-refractivity contribution in [1.29, 1.82) is 0 Å². The van der Waals surface area contributed by atoms with Crippen LogP contribution in [0, 0.1) is 0 Å². The Hall–Kier alpha value is -3.51. The largest absolute Gasteiger partial charge is 0.478 e. The molecule has 6 heteroatoms. The van der Waals surface area contributed by atoms with Gasteiger partial charge in [0.25, 0.3) is 0 Å². The SMILES string of the molecule is O=C1CC(c2ccccc2)CC2=C1C(c1cccs1)CC(=O)N2c1cccc(C(=O)O)c1. The summed E-state index contributed by atoms with van der Waals surface area (Å²) in [5, 5.41) is 11.4. The Bertz CT molecular complexity index is 1230. The van der Waals surface area contributed by atoms with Crippen LogP contribution in [0.15, 0.2) is 83.4 Å². The molecule has 0 fully saturated rings. The van der Waals surface area contributed by atoms with Gasteiger partial charge in [0.05, 0.1) is 5.56 Å². The fraction of sp³-hybridized carbons (Fsp3) is 0.192. The number of anilines is 1. The second-order valence-corrected chi connectivity index (χ2v) is 9.14. The standard InChI is InChI=1S/C26H21NO4S/c28-22-14-18(16-6-2-1-3-7-16)13-21-25(22)20(23-10-5-11-32-23)15-24(29)27(21)19-9-4-8-17(12-19)26(30)31/h1-12,18,20H,13-15H2,(H,30,31). The minimum absolute atomic E-state index is 0.0255. The molecule has 0 bridgehead atoms. The number of hydrogen-bond donors (Lipinski definition) is 1. The van der Waals surface area contributed by atoms with Crippen molar-refractivity contribution < 1.29 is 19.5 Å². The van der Waals surface area contributed by atoms with Gasteiger partial charge in [-0.1, -0.05) is 42.5 Å². The van der Waals surface area contributed by atoms with Crippen molar-refractivity contribution in [1.82, 2.24) is 0 Å². The zero-order chi connectivity index (χ0) is 22.2. The number of thiophene rings is 1. The second-order valence-electron chi connectivity index (χ2n) is 8.16. The molecule has 1 amide bonds. The van der Waals surface area contributed by atoms with Crippen molar-refractivity contribution in [2.75, 3.05) is 4.90 Å². The van der Waals surface area contributed by atoms with E-state index in [9.17, 15) is 19.5 Å². The quantitative estimate of drug-likeness (QED) is 0.588. The first-order valence-corrected chi connectivity index (χ1v) is 11.4. The van der Waals surface area contributed by atoms with E-state index in [1.807, 2.05) is 47.8 Å². The van der Waals surface area contributed by atoms with Gasteiger partial charge in [-0.3, -0.25) is 14.5 Å². The van der Waals surface area contributed by atoms with E-state index in [0.717, 1.165) is 10.4 Å². The first-order valence-electron chi connectivity index (χ1n) is 10.5. The van der Waals surface area contributed by atoms with Crippen LogP contribution in [0.5, 0.6) is 0 Å². The predicted molar refractivity (Wildman–Crippen MR) is 123 cm³/mol.